The van der Waals surface area contributed by atoms with Crippen LogP contribution in [0, 0.1) is 0 Å². The van der Waals surface area contributed by atoms with Gasteiger partial charge >= 0.3 is 0 Å². The number of hydrogen-bond acceptors (Lipinski definition) is 9. The molecular weight excluding hydrogens is 564 g/mol. The third kappa shape index (κ3) is 5.62. The maximum absolute atomic E-state index is 13.6. The van der Waals surface area contributed by atoms with Gasteiger partial charge in [0.15, 0.2) is 5.65 Å². The van der Waals surface area contributed by atoms with E-state index in [1.807, 2.05) is 39.6 Å². The second-order valence-corrected chi connectivity index (χ2v) is 12.0. The second kappa shape index (κ2) is 12.4. The number of nitrogens with zero attached hydrogens (tertiary/aromatic N) is 7. The van der Waals surface area contributed by atoms with Gasteiger partial charge in [-0.1, -0.05) is 19.9 Å². The van der Waals surface area contributed by atoms with E-state index in [0.29, 0.717) is 67.6 Å². The van der Waals surface area contributed by atoms with Crippen LogP contribution in [-0.4, -0.2) is 99.2 Å². The highest BCUT2D eigenvalue weighted by molar-refractivity contribution is 7.13. The minimum atomic E-state index is -0.521. The van der Waals surface area contributed by atoms with Gasteiger partial charge in [0.05, 0.1) is 41.2 Å². The Morgan fingerprint density at radius 1 is 1.14 bits per heavy atom. The van der Waals surface area contributed by atoms with Crippen LogP contribution >= 0.6 is 11.3 Å². The predicted molar refractivity (Wildman–Crippen MR) is 167 cm³/mol. The van der Waals surface area contributed by atoms with E-state index in [0.717, 1.165) is 35.6 Å². The first kappa shape index (κ1) is 29.2. The van der Waals surface area contributed by atoms with E-state index in [4.69, 9.17) is 20.4 Å². The monoisotopic (exact) mass is 602 g/mol. The third-order valence-electron chi connectivity index (χ3n) is 8.62. The Hall–Kier alpha value is -3.87. The Morgan fingerprint density at radius 3 is 2.58 bits per heavy atom. The molecule has 43 heavy (non-hydrogen) atoms. The van der Waals surface area contributed by atoms with Crippen LogP contribution in [0.1, 0.15) is 43.1 Å². The fourth-order valence-electron chi connectivity index (χ4n) is 6.13. The van der Waals surface area contributed by atoms with Crippen LogP contribution in [0.4, 0.5) is 5.82 Å². The molecule has 0 unspecified atom stereocenters. The number of thiophene rings is 1. The second-order valence-electron chi connectivity index (χ2n) is 11.0. The first-order chi connectivity index (χ1) is 20.9. The van der Waals surface area contributed by atoms with Gasteiger partial charge < -0.3 is 25.2 Å². The Bertz CT molecular complexity index is 1610. The molecule has 2 amide bonds. The standard InChI is InChI=1S/C31H38N8O3S/c1-4-36(5-2)20(3)17-22-21(28(32)40)18-25(23-19-33-39-11-8-24(34-30(23)39)27-7-6-16-43-27)35-29(22)38-10-9-26(38)31(41)37-12-14-42-15-13-37/h6-8,11,16,18-20,26H,4-5,9-10,12-15,17H2,1-3H3,(H2,32,40)/t20-,26-/m0/s1. The minimum absolute atomic E-state index is 0.0726. The molecule has 226 valence electrons. The highest BCUT2D eigenvalue weighted by Crippen LogP contribution is 2.36. The zero-order valence-corrected chi connectivity index (χ0v) is 25.7. The van der Waals surface area contributed by atoms with Crippen molar-refractivity contribution in [3.63, 3.8) is 0 Å². The van der Waals surface area contributed by atoms with Crippen molar-refractivity contribution >= 4 is 34.6 Å². The average molecular weight is 603 g/mol. The molecule has 4 aromatic rings. The van der Waals surface area contributed by atoms with Crippen LogP contribution in [-0.2, 0) is 16.0 Å². The third-order valence-corrected chi connectivity index (χ3v) is 9.51. The number of primary amides is 1. The Kier molecular flexibility index (Phi) is 8.42. The van der Waals surface area contributed by atoms with Crippen molar-refractivity contribution in [2.75, 3.05) is 50.8 Å². The number of hydrogen-bond donors (Lipinski definition) is 1. The number of pyridine rings is 1. The summed E-state index contributed by atoms with van der Waals surface area (Å²) in [4.78, 5) is 44.1. The number of rotatable bonds is 10. The Balaban J connectivity index is 1.47. The lowest BCUT2D eigenvalue weighted by Crippen LogP contribution is -2.59. The molecule has 0 radical (unpaired) electrons. The number of carbonyl (C=O) groups is 2. The smallest absolute Gasteiger partial charge is 0.249 e. The SMILES string of the molecule is CCN(CC)[C@@H](C)Cc1c(C(N)=O)cc(-c2cnn3ccc(-c4cccs4)nc23)nc1N1CC[C@H]1C(=O)N1CCOCC1. The number of carbonyl (C=O) groups excluding carboxylic acids is 2. The maximum Gasteiger partial charge on any atom is 0.249 e. The molecule has 0 spiro atoms. The fourth-order valence-corrected chi connectivity index (χ4v) is 6.82. The van der Waals surface area contributed by atoms with Gasteiger partial charge in [0, 0.05) is 43.0 Å². The first-order valence-corrected chi connectivity index (χ1v) is 15.9. The van der Waals surface area contributed by atoms with E-state index < -0.39 is 5.91 Å². The van der Waals surface area contributed by atoms with Gasteiger partial charge in [-0.3, -0.25) is 9.59 Å². The van der Waals surface area contributed by atoms with E-state index in [-0.39, 0.29) is 18.0 Å². The van der Waals surface area contributed by atoms with Crippen LogP contribution in [0.3, 0.4) is 0 Å². The molecule has 2 atom stereocenters. The van der Waals surface area contributed by atoms with Crippen molar-refractivity contribution < 1.29 is 14.3 Å². The molecule has 2 aliphatic rings. The van der Waals surface area contributed by atoms with Crippen LogP contribution in [0.15, 0.2) is 42.0 Å². The predicted octanol–water partition coefficient (Wildman–Crippen LogP) is 3.33. The van der Waals surface area contributed by atoms with Crippen molar-refractivity contribution in [3.05, 3.63) is 53.2 Å². The number of ether oxygens (including phenoxy) is 1. The van der Waals surface area contributed by atoms with Gasteiger partial charge in [0.2, 0.25) is 11.8 Å². The number of anilines is 1. The van der Waals surface area contributed by atoms with Crippen LogP contribution in [0.5, 0.6) is 0 Å². The van der Waals surface area contributed by atoms with Crippen molar-refractivity contribution in [2.24, 2.45) is 5.73 Å². The quantitative estimate of drug-likeness (QED) is 0.293. The lowest BCUT2D eigenvalue weighted by Gasteiger charge is -2.44. The normalized spacial score (nSPS) is 17.8. The Labute approximate surface area is 255 Å². The molecule has 0 aliphatic carbocycles. The van der Waals surface area contributed by atoms with Crippen molar-refractivity contribution in [1.82, 2.24) is 29.4 Å². The summed E-state index contributed by atoms with van der Waals surface area (Å²) in [7, 11) is 0. The topological polar surface area (TPSA) is 122 Å². The first-order valence-electron chi connectivity index (χ1n) is 15.0. The van der Waals surface area contributed by atoms with E-state index in [1.54, 1.807) is 28.1 Å². The number of aromatic nitrogens is 4. The summed E-state index contributed by atoms with van der Waals surface area (Å²) in [5.41, 5.74) is 9.98. The molecule has 0 saturated carbocycles. The highest BCUT2D eigenvalue weighted by atomic mass is 32.1. The molecule has 4 aromatic heterocycles. The average Bonchev–Trinajstić information content (AvgIpc) is 3.69. The van der Waals surface area contributed by atoms with Gasteiger partial charge in [0.1, 0.15) is 11.9 Å². The number of morpholine rings is 1. The number of fused-ring (bicyclic) bond motifs is 1. The molecular formula is C31H38N8O3S. The van der Waals surface area contributed by atoms with Gasteiger partial charge in [-0.2, -0.15) is 5.10 Å². The Morgan fingerprint density at radius 2 is 1.93 bits per heavy atom. The fraction of sp³-hybridized carbons (Fsp3) is 0.452. The summed E-state index contributed by atoms with van der Waals surface area (Å²) in [5.74, 6) is 0.187. The molecule has 6 rings (SSSR count). The summed E-state index contributed by atoms with van der Waals surface area (Å²) >= 11 is 1.62. The largest absolute Gasteiger partial charge is 0.378 e. The van der Waals surface area contributed by atoms with Gasteiger partial charge in [-0.15, -0.1) is 11.3 Å². The van der Waals surface area contributed by atoms with E-state index in [1.165, 1.54) is 0 Å². The van der Waals surface area contributed by atoms with Gasteiger partial charge in [-0.25, -0.2) is 14.5 Å². The maximum atomic E-state index is 13.6. The number of likely N-dealkylation sites (N-methyl/N-ethyl adjacent to an activating group) is 1. The molecule has 11 nitrogen and oxygen atoms in total. The minimum Gasteiger partial charge on any atom is -0.378 e. The van der Waals surface area contributed by atoms with Gasteiger partial charge in [-0.05, 0) is 56.4 Å². The van der Waals surface area contributed by atoms with E-state index in [2.05, 4.69) is 30.8 Å². The molecule has 12 heteroatoms. The van der Waals surface area contributed by atoms with E-state index >= 15 is 0 Å². The zero-order valence-electron chi connectivity index (χ0n) is 24.9. The molecule has 2 N–H and O–H groups in total. The summed E-state index contributed by atoms with van der Waals surface area (Å²) < 4.78 is 7.19. The summed E-state index contributed by atoms with van der Waals surface area (Å²) in [6.07, 6.45) is 4.90. The van der Waals surface area contributed by atoms with Gasteiger partial charge in [0.25, 0.3) is 0 Å². The summed E-state index contributed by atoms with van der Waals surface area (Å²) in [6.45, 7) is 11.1. The summed E-state index contributed by atoms with van der Waals surface area (Å²) in [6, 6.07) is 7.52. The number of nitrogens with two attached hydrogens (primary N) is 1. The lowest BCUT2D eigenvalue weighted by atomic mass is 9.94. The van der Waals surface area contributed by atoms with Crippen molar-refractivity contribution in [1.29, 1.82) is 0 Å². The van der Waals surface area contributed by atoms with Crippen molar-refractivity contribution in [2.45, 2.75) is 45.7 Å². The number of amides is 2. The van der Waals surface area contributed by atoms with Crippen LogP contribution in [0.2, 0.25) is 0 Å². The molecule has 2 fully saturated rings. The molecule has 0 bridgehead atoms. The molecule has 6 heterocycles. The van der Waals surface area contributed by atoms with Crippen LogP contribution in [0.25, 0.3) is 27.5 Å². The molecule has 0 aromatic carbocycles. The molecule has 2 saturated heterocycles. The molecule has 2 aliphatic heterocycles. The summed E-state index contributed by atoms with van der Waals surface area (Å²) in [5, 5.41) is 6.55. The van der Waals surface area contributed by atoms with Crippen molar-refractivity contribution in [3.8, 4) is 21.8 Å². The highest BCUT2D eigenvalue weighted by Gasteiger charge is 2.40. The van der Waals surface area contributed by atoms with Crippen LogP contribution < -0.4 is 10.6 Å². The zero-order chi connectivity index (χ0) is 30.1. The lowest BCUT2D eigenvalue weighted by molar-refractivity contribution is -0.138. The van der Waals surface area contributed by atoms with E-state index in [9.17, 15) is 9.59 Å².